The number of esters is 1. The van der Waals surface area contributed by atoms with Crippen LogP contribution in [0.15, 0.2) is 41.3 Å². The Morgan fingerprint density at radius 1 is 1.19 bits per heavy atom. The number of hydrogen-bond acceptors (Lipinski definition) is 5. The summed E-state index contributed by atoms with van der Waals surface area (Å²) in [4.78, 5) is 25.9. The molecule has 0 saturated carbocycles. The molecule has 1 fully saturated rings. The summed E-state index contributed by atoms with van der Waals surface area (Å²) in [5, 5.41) is 3.64. The van der Waals surface area contributed by atoms with Gasteiger partial charge in [-0.25, -0.2) is 4.79 Å². The number of nitrogens with one attached hydrogen (secondary N) is 1. The molecule has 2 aromatic rings. The summed E-state index contributed by atoms with van der Waals surface area (Å²) in [6.07, 6.45) is 2.62. The van der Waals surface area contributed by atoms with E-state index in [1.807, 2.05) is 18.2 Å². The second-order valence-corrected chi connectivity index (χ2v) is 7.45. The number of benzene rings is 1. The first kappa shape index (κ1) is 19.5. The maximum Gasteiger partial charge on any atom is 0.337 e. The minimum Gasteiger partial charge on any atom is -0.465 e. The molecule has 0 radical (unpaired) electrons. The first-order valence-corrected chi connectivity index (χ1v) is 9.25. The van der Waals surface area contributed by atoms with Crippen LogP contribution in [0.25, 0.3) is 0 Å². The summed E-state index contributed by atoms with van der Waals surface area (Å²) in [7, 11) is 5.14. The van der Waals surface area contributed by atoms with Crippen LogP contribution in [-0.2, 0) is 11.8 Å². The highest BCUT2D eigenvalue weighted by Crippen LogP contribution is 2.29. The summed E-state index contributed by atoms with van der Waals surface area (Å²) in [5.74, 6) is -0.0135. The number of rotatable bonds is 4. The molecule has 7 heteroatoms. The fraction of sp³-hybridized carbons (Fsp3) is 0.400. The highest BCUT2D eigenvalue weighted by Gasteiger charge is 2.27. The third-order valence-corrected chi connectivity index (χ3v) is 5.37. The van der Waals surface area contributed by atoms with E-state index in [4.69, 9.17) is 16.3 Å². The lowest BCUT2D eigenvalue weighted by Crippen LogP contribution is -2.43. The Hall–Kier alpha value is -2.31. The van der Waals surface area contributed by atoms with Crippen LogP contribution < -0.4 is 10.9 Å². The number of hydrogen-bond donors (Lipinski definition) is 1. The molecule has 0 bridgehead atoms. The molecule has 0 unspecified atom stereocenters. The zero-order chi connectivity index (χ0) is 19.6. The maximum atomic E-state index is 12.0. The van der Waals surface area contributed by atoms with Gasteiger partial charge >= 0.3 is 5.97 Å². The van der Waals surface area contributed by atoms with Crippen LogP contribution in [0.4, 0.5) is 5.69 Å². The van der Waals surface area contributed by atoms with Crippen LogP contribution >= 0.6 is 11.6 Å². The van der Waals surface area contributed by atoms with E-state index in [9.17, 15) is 9.59 Å². The van der Waals surface area contributed by atoms with Crippen molar-refractivity contribution >= 4 is 23.3 Å². The van der Waals surface area contributed by atoms with Crippen molar-refractivity contribution in [3.63, 3.8) is 0 Å². The van der Waals surface area contributed by atoms with Crippen LogP contribution in [0.5, 0.6) is 0 Å². The smallest absolute Gasteiger partial charge is 0.337 e. The molecule has 3 rings (SSSR count). The van der Waals surface area contributed by atoms with Gasteiger partial charge in [-0.15, -0.1) is 0 Å². The number of aromatic nitrogens is 1. The molecule has 0 amide bonds. The van der Waals surface area contributed by atoms with Gasteiger partial charge in [-0.2, -0.15) is 0 Å². The van der Waals surface area contributed by atoms with E-state index in [1.165, 1.54) is 17.2 Å². The number of pyridine rings is 1. The molecular weight excluding hydrogens is 366 g/mol. The summed E-state index contributed by atoms with van der Waals surface area (Å²) in [6.45, 7) is 1.79. The monoisotopic (exact) mass is 389 g/mol. The normalized spacial score (nSPS) is 20.3. The molecule has 0 spiro atoms. The Morgan fingerprint density at radius 3 is 2.56 bits per heavy atom. The van der Waals surface area contributed by atoms with Gasteiger partial charge in [0.1, 0.15) is 5.02 Å². The summed E-state index contributed by atoms with van der Waals surface area (Å²) in [5.41, 5.74) is 2.18. The van der Waals surface area contributed by atoms with Gasteiger partial charge in [0, 0.05) is 32.4 Å². The molecule has 27 heavy (non-hydrogen) atoms. The molecule has 6 nitrogen and oxygen atoms in total. The number of anilines is 1. The van der Waals surface area contributed by atoms with E-state index in [-0.39, 0.29) is 22.6 Å². The number of likely N-dealkylation sites (tertiary alicyclic amines) is 1. The van der Waals surface area contributed by atoms with Crippen LogP contribution in [0.1, 0.15) is 28.3 Å². The van der Waals surface area contributed by atoms with Crippen LogP contribution in [0.2, 0.25) is 5.02 Å². The van der Waals surface area contributed by atoms with Crippen LogP contribution in [-0.4, -0.2) is 48.7 Å². The number of likely N-dealkylation sites (N-methyl/N-ethyl adjacent to an activating group) is 1. The Labute approximate surface area is 163 Å². The molecular formula is C20H24ClN3O3. The van der Waals surface area contributed by atoms with Gasteiger partial charge in [0.2, 0.25) is 0 Å². The third kappa shape index (κ3) is 4.34. The second kappa shape index (κ2) is 8.15. The number of methoxy groups -OCH3 is 1. The van der Waals surface area contributed by atoms with Crippen molar-refractivity contribution in [1.29, 1.82) is 0 Å². The van der Waals surface area contributed by atoms with Crippen molar-refractivity contribution in [1.82, 2.24) is 9.47 Å². The van der Waals surface area contributed by atoms with Gasteiger partial charge in [0.15, 0.2) is 0 Å². The molecule has 2 atom stereocenters. The van der Waals surface area contributed by atoms with E-state index in [2.05, 4.69) is 17.3 Å². The predicted octanol–water partition coefficient (Wildman–Crippen LogP) is 2.73. The molecule has 1 aromatic carbocycles. The lowest BCUT2D eigenvalue weighted by atomic mass is 9.87. The Kier molecular flexibility index (Phi) is 5.87. The van der Waals surface area contributed by atoms with Gasteiger partial charge < -0.3 is 19.5 Å². The van der Waals surface area contributed by atoms with Crippen molar-refractivity contribution in [2.75, 3.05) is 32.6 Å². The SMILES string of the molecule is COC(=O)c1ccc([C@H]2C[C@@H](Nc3ccn(C)c(=O)c3Cl)CN(C)C2)cc1. The molecule has 144 valence electrons. The Morgan fingerprint density at radius 2 is 1.89 bits per heavy atom. The third-order valence-electron chi connectivity index (χ3n) is 5.01. The number of carbonyl (C=O) groups is 1. The zero-order valence-electron chi connectivity index (χ0n) is 15.7. The van der Waals surface area contributed by atoms with Crippen molar-refractivity contribution in [3.8, 4) is 0 Å². The van der Waals surface area contributed by atoms with Gasteiger partial charge in [-0.1, -0.05) is 23.7 Å². The summed E-state index contributed by atoms with van der Waals surface area (Å²) < 4.78 is 6.22. The first-order chi connectivity index (χ1) is 12.9. The van der Waals surface area contributed by atoms with Gasteiger partial charge in [0.05, 0.1) is 18.4 Å². The summed E-state index contributed by atoms with van der Waals surface area (Å²) >= 11 is 6.22. The molecule has 1 N–H and O–H groups in total. The van der Waals surface area contributed by atoms with Crippen molar-refractivity contribution in [2.24, 2.45) is 7.05 Å². The largest absolute Gasteiger partial charge is 0.465 e. The average Bonchev–Trinajstić information content (AvgIpc) is 2.67. The first-order valence-electron chi connectivity index (χ1n) is 8.87. The lowest BCUT2D eigenvalue weighted by molar-refractivity contribution is 0.0600. The fourth-order valence-corrected chi connectivity index (χ4v) is 3.85. The van der Waals surface area contributed by atoms with Gasteiger partial charge in [-0.05, 0) is 43.1 Å². The number of halogens is 1. The van der Waals surface area contributed by atoms with E-state index in [0.29, 0.717) is 17.2 Å². The Bertz CT molecular complexity index is 879. The highest BCUT2D eigenvalue weighted by atomic mass is 35.5. The molecule has 0 aliphatic carbocycles. The van der Waals surface area contributed by atoms with Crippen LogP contribution in [0.3, 0.4) is 0 Å². The van der Waals surface area contributed by atoms with Crippen LogP contribution in [0, 0.1) is 0 Å². The van der Waals surface area contributed by atoms with Gasteiger partial charge in [0.25, 0.3) is 5.56 Å². The molecule has 1 saturated heterocycles. The minimum atomic E-state index is -0.331. The number of aryl methyl sites for hydroxylation is 1. The fourth-order valence-electron chi connectivity index (χ4n) is 3.60. The number of carbonyl (C=O) groups excluding carboxylic acids is 1. The summed E-state index contributed by atoms with van der Waals surface area (Å²) in [6, 6.07) is 9.57. The Balaban J connectivity index is 1.75. The number of ether oxygens (including phenoxy) is 1. The lowest BCUT2D eigenvalue weighted by Gasteiger charge is -2.37. The van der Waals surface area contributed by atoms with Crippen molar-refractivity contribution in [2.45, 2.75) is 18.4 Å². The minimum absolute atomic E-state index is 0.165. The second-order valence-electron chi connectivity index (χ2n) is 7.07. The van der Waals surface area contributed by atoms with Crippen molar-refractivity contribution < 1.29 is 9.53 Å². The van der Waals surface area contributed by atoms with Crippen molar-refractivity contribution in [3.05, 3.63) is 63.0 Å². The highest BCUT2D eigenvalue weighted by molar-refractivity contribution is 6.33. The molecule has 1 aliphatic heterocycles. The van der Waals surface area contributed by atoms with Gasteiger partial charge in [-0.3, -0.25) is 4.79 Å². The average molecular weight is 390 g/mol. The van der Waals surface area contributed by atoms with E-state index in [0.717, 1.165) is 19.5 Å². The van der Waals surface area contributed by atoms with E-state index < -0.39 is 0 Å². The topological polar surface area (TPSA) is 63.6 Å². The number of nitrogens with zero attached hydrogens (tertiary/aromatic N) is 2. The predicted molar refractivity (Wildman–Crippen MR) is 107 cm³/mol. The molecule has 1 aliphatic rings. The molecule has 1 aromatic heterocycles. The zero-order valence-corrected chi connectivity index (χ0v) is 16.5. The standard InChI is InChI=1S/C20H24ClN3O3/c1-23-11-15(13-4-6-14(7-5-13)20(26)27-3)10-16(12-23)22-17-8-9-24(2)19(25)18(17)21/h4-9,15-16,22H,10-12H2,1-3H3/t15-,16+/m0/s1. The number of piperidine rings is 1. The maximum absolute atomic E-state index is 12.0. The van der Waals surface area contributed by atoms with E-state index in [1.54, 1.807) is 25.4 Å². The quantitative estimate of drug-likeness (QED) is 0.814. The van der Waals surface area contributed by atoms with E-state index >= 15 is 0 Å². The molecule has 2 heterocycles.